The van der Waals surface area contributed by atoms with Crippen LogP contribution in [-0.2, 0) is 19.4 Å². The summed E-state index contributed by atoms with van der Waals surface area (Å²) < 4.78 is 29.1. The SMILES string of the molecule is CN(C)c1cccc(C(=O)OCC(=O)N(c2ccccc2)[C@@H]2CCS(=O)(=O)C2)c1. The topological polar surface area (TPSA) is 84.0 Å². The highest BCUT2D eigenvalue weighted by Crippen LogP contribution is 2.25. The van der Waals surface area contributed by atoms with Crippen LogP contribution in [-0.4, -0.2) is 58.5 Å². The average molecular weight is 416 g/mol. The number of carbonyl (C=O) groups is 2. The molecule has 3 rings (SSSR count). The molecule has 0 aliphatic carbocycles. The Kier molecular flexibility index (Phi) is 6.22. The fourth-order valence-corrected chi connectivity index (χ4v) is 5.02. The molecule has 0 saturated carbocycles. The summed E-state index contributed by atoms with van der Waals surface area (Å²) in [7, 11) is 0.549. The molecule has 0 unspecified atom stereocenters. The molecule has 2 aromatic rings. The zero-order chi connectivity index (χ0) is 21.0. The molecule has 8 heteroatoms. The van der Waals surface area contributed by atoms with Crippen molar-refractivity contribution < 1.29 is 22.7 Å². The Balaban J connectivity index is 1.73. The molecule has 0 spiro atoms. The highest BCUT2D eigenvalue weighted by Gasteiger charge is 2.35. The molecule has 1 fully saturated rings. The van der Waals surface area contributed by atoms with E-state index in [0.717, 1.165) is 5.69 Å². The minimum Gasteiger partial charge on any atom is -0.452 e. The molecule has 0 N–H and O–H groups in total. The first-order chi connectivity index (χ1) is 13.8. The van der Waals surface area contributed by atoms with Crippen molar-refractivity contribution in [2.45, 2.75) is 12.5 Å². The Morgan fingerprint density at radius 1 is 1.03 bits per heavy atom. The quantitative estimate of drug-likeness (QED) is 0.671. The number of benzene rings is 2. The molecule has 0 bridgehead atoms. The van der Waals surface area contributed by atoms with E-state index in [2.05, 4.69) is 0 Å². The molecule has 1 aliphatic rings. The van der Waals surface area contributed by atoms with Crippen molar-refractivity contribution >= 4 is 33.1 Å². The van der Waals surface area contributed by atoms with E-state index in [9.17, 15) is 18.0 Å². The zero-order valence-corrected chi connectivity index (χ0v) is 17.3. The van der Waals surface area contributed by atoms with Crippen molar-refractivity contribution in [3.8, 4) is 0 Å². The van der Waals surface area contributed by atoms with Gasteiger partial charge in [-0.05, 0) is 36.8 Å². The molecule has 0 aromatic heterocycles. The number of hydrogen-bond acceptors (Lipinski definition) is 6. The van der Waals surface area contributed by atoms with Gasteiger partial charge in [-0.2, -0.15) is 0 Å². The van der Waals surface area contributed by atoms with Crippen LogP contribution in [0.1, 0.15) is 16.8 Å². The second-order valence-electron chi connectivity index (χ2n) is 7.18. The van der Waals surface area contributed by atoms with Gasteiger partial charge in [0.05, 0.1) is 23.1 Å². The minimum atomic E-state index is -3.18. The summed E-state index contributed by atoms with van der Waals surface area (Å²) in [6, 6.07) is 15.3. The number of sulfone groups is 1. The molecular weight excluding hydrogens is 392 g/mol. The molecule has 0 radical (unpaired) electrons. The second kappa shape index (κ2) is 8.65. The summed E-state index contributed by atoms with van der Waals surface area (Å²) in [6.07, 6.45) is 0.363. The summed E-state index contributed by atoms with van der Waals surface area (Å²) in [5, 5.41) is 0. The molecule has 2 aromatic carbocycles. The molecular formula is C21H24N2O5S. The third kappa shape index (κ3) is 5.14. The Bertz CT molecular complexity index is 989. The number of para-hydroxylation sites is 1. The van der Waals surface area contributed by atoms with Gasteiger partial charge in [0.25, 0.3) is 5.91 Å². The lowest BCUT2D eigenvalue weighted by molar-refractivity contribution is -0.122. The third-order valence-corrected chi connectivity index (χ3v) is 6.55. The number of ether oxygens (including phenoxy) is 1. The van der Waals surface area contributed by atoms with E-state index < -0.39 is 34.4 Å². The van der Waals surface area contributed by atoms with Crippen molar-refractivity contribution in [3.05, 3.63) is 60.2 Å². The van der Waals surface area contributed by atoms with Crippen molar-refractivity contribution in [2.75, 3.05) is 42.0 Å². The molecule has 1 aliphatic heterocycles. The van der Waals surface area contributed by atoms with Crippen LogP contribution in [0, 0.1) is 0 Å². The third-order valence-electron chi connectivity index (χ3n) is 4.80. The van der Waals surface area contributed by atoms with Crippen LogP contribution in [0.15, 0.2) is 54.6 Å². The second-order valence-corrected chi connectivity index (χ2v) is 9.41. The summed E-state index contributed by atoms with van der Waals surface area (Å²) in [5.41, 5.74) is 1.77. The fourth-order valence-electron chi connectivity index (χ4n) is 3.32. The van der Waals surface area contributed by atoms with Crippen molar-refractivity contribution in [3.63, 3.8) is 0 Å². The van der Waals surface area contributed by atoms with Gasteiger partial charge < -0.3 is 14.5 Å². The minimum absolute atomic E-state index is 0.0470. The first kappa shape index (κ1) is 20.9. The van der Waals surface area contributed by atoms with Gasteiger partial charge >= 0.3 is 5.97 Å². The maximum atomic E-state index is 12.9. The van der Waals surface area contributed by atoms with E-state index in [1.165, 1.54) is 4.90 Å². The Hall–Kier alpha value is -2.87. The molecule has 1 heterocycles. The lowest BCUT2D eigenvalue weighted by Crippen LogP contribution is -2.43. The highest BCUT2D eigenvalue weighted by atomic mass is 32.2. The molecule has 1 amide bonds. The van der Waals surface area contributed by atoms with Crippen LogP contribution >= 0.6 is 0 Å². The first-order valence-electron chi connectivity index (χ1n) is 9.29. The highest BCUT2D eigenvalue weighted by molar-refractivity contribution is 7.91. The summed E-state index contributed by atoms with van der Waals surface area (Å²) >= 11 is 0. The van der Waals surface area contributed by atoms with Crippen LogP contribution in [0.3, 0.4) is 0 Å². The smallest absolute Gasteiger partial charge is 0.338 e. The lowest BCUT2D eigenvalue weighted by atomic mass is 10.1. The zero-order valence-electron chi connectivity index (χ0n) is 16.4. The van der Waals surface area contributed by atoms with E-state index in [4.69, 9.17) is 4.74 Å². The standard InChI is InChI=1S/C21H24N2O5S/c1-22(2)18-10-6-7-16(13-18)21(25)28-14-20(24)23(17-8-4-3-5-9-17)19-11-12-29(26,27)15-19/h3-10,13,19H,11-12,14-15H2,1-2H3/t19-/m1/s1. The lowest BCUT2D eigenvalue weighted by Gasteiger charge is -2.28. The van der Waals surface area contributed by atoms with Gasteiger partial charge in [-0.25, -0.2) is 13.2 Å². The van der Waals surface area contributed by atoms with Gasteiger partial charge in [0, 0.05) is 25.5 Å². The number of esters is 1. The number of nitrogens with zero attached hydrogens (tertiary/aromatic N) is 2. The molecule has 154 valence electrons. The number of amides is 1. The van der Waals surface area contributed by atoms with Gasteiger partial charge in [-0.1, -0.05) is 24.3 Å². The Morgan fingerprint density at radius 3 is 2.34 bits per heavy atom. The van der Waals surface area contributed by atoms with Crippen LogP contribution in [0.25, 0.3) is 0 Å². The van der Waals surface area contributed by atoms with E-state index in [-0.39, 0.29) is 11.5 Å². The van der Waals surface area contributed by atoms with E-state index >= 15 is 0 Å². The maximum Gasteiger partial charge on any atom is 0.338 e. The summed E-state index contributed by atoms with van der Waals surface area (Å²) in [6.45, 7) is -0.462. The normalized spacial score (nSPS) is 17.5. The number of carbonyl (C=O) groups excluding carboxylic acids is 2. The monoisotopic (exact) mass is 416 g/mol. The van der Waals surface area contributed by atoms with Gasteiger partial charge in [-0.15, -0.1) is 0 Å². The maximum absolute atomic E-state index is 12.9. The Labute approximate surface area is 170 Å². The number of rotatable bonds is 6. The molecule has 29 heavy (non-hydrogen) atoms. The largest absolute Gasteiger partial charge is 0.452 e. The van der Waals surface area contributed by atoms with Gasteiger partial charge in [-0.3, -0.25) is 4.79 Å². The van der Waals surface area contributed by atoms with Gasteiger partial charge in [0.15, 0.2) is 16.4 Å². The van der Waals surface area contributed by atoms with Crippen molar-refractivity contribution in [1.82, 2.24) is 0 Å². The molecule has 1 saturated heterocycles. The van der Waals surface area contributed by atoms with Crippen molar-refractivity contribution in [1.29, 1.82) is 0 Å². The first-order valence-corrected chi connectivity index (χ1v) is 11.1. The fraction of sp³-hybridized carbons (Fsp3) is 0.333. The van der Waals surface area contributed by atoms with E-state index in [0.29, 0.717) is 17.7 Å². The van der Waals surface area contributed by atoms with Crippen LogP contribution in [0.4, 0.5) is 11.4 Å². The predicted molar refractivity (Wildman–Crippen MR) is 112 cm³/mol. The van der Waals surface area contributed by atoms with Crippen molar-refractivity contribution in [2.24, 2.45) is 0 Å². The van der Waals surface area contributed by atoms with E-state index in [1.54, 1.807) is 42.5 Å². The predicted octanol–water partition coefficient (Wildman–Crippen LogP) is 2.13. The summed E-state index contributed by atoms with van der Waals surface area (Å²) in [4.78, 5) is 28.6. The van der Waals surface area contributed by atoms with E-state index in [1.807, 2.05) is 31.1 Å². The molecule has 7 nitrogen and oxygen atoms in total. The van der Waals surface area contributed by atoms with Crippen LogP contribution < -0.4 is 9.80 Å². The summed E-state index contributed by atoms with van der Waals surface area (Å²) in [5.74, 6) is -1.10. The average Bonchev–Trinajstić information content (AvgIpc) is 3.06. The van der Waals surface area contributed by atoms with Gasteiger partial charge in [0.2, 0.25) is 0 Å². The van der Waals surface area contributed by atoms with Gasteiger partial charge in [0.1, 0.15) is 0 Å². The number of hydrogen-bond donors (Lipinski definition) is 0. The van der Waals surface area contributed by atoms with Crippen LogP contribution in [0.5, 0.6) is 0 Å². The number of anilines is 2. The molecule has 1 atom stereocenters. The Morgan fingerprint density at radius 2 is 1.72 bits per heavy atom. The van der Waals surface area contributed by atoms with Crippen LogP contribution in [0.2, 0.25) is 0 Å².